The van der Waals surface area contributed by atoms with Crippen molar-refractivity contribution in [2.75, 3.05) is 11.9 Å². The van der Waals surface area contributed by atoms with E-state index >= 15 is 0 Å². The molecule has 1 heterocycles. The van der Waals surface area contributed by atoms with Gasteiger partial charge in [0.05, 0.1) is 24.3 Å². The molecule has 9 heteroatoms. The Balaban J connectivity index is 1.70. The van der Waals surface area contributed by atoms with E-state index in [-0.39, 0.29) is 24.4 Å². The van der Waals surface area contributed by atoms with Crippen molar-refractivity contribution in [1.82, 2.24) is 4.90 Å². The zero-order valence-electron chi connectivity index (χ0n) is 15.5. The summed E-state index contributed by atoms with van der Waals surface area (Å²) in [6, 6.07) is 12.6. The predicted molar refractivity (Wildman–Crippen MR) is 107 cm³/mol. The Bertz CT molecular complexity index is 960. The number of benzene rings is 2. The molecule has 8 nitrogen and oxygen atoms in total. The molecule has 1 aliphatic heterocycles. The van der Waals surface area contributed by atoms with E-state index in [4.69, 9.17) is 4.74 Å². The third-order valence-corrected chi connectivity index (χ3v) is 5.16. The van der Waals surface area contributed by atoms with E-state index in [1.807, 2.05) is 0 Å². The van der Waals surface area contributed by atoms with Crippen LogP contribution < -0.4 is 5.32 Å². The molecule has 0 saturated carbocycles. The van der Waals surface area contributed by atoms with Gasteiger partial charge in [0.1, 0.15) is 0 Å². The molecule has 1 saturated heterocycles. The standard InChI is InChI=1S/C20H18N2O6S/c1-2-28-19(26)13-9-7-12(8-10-13)11-22-17(23)16(29-20(22)27)21-15-6-4-3-5-14(15)18(24)25/h3-10,16,21H,2,11H2,1H3,(H,24,25)/t16-/m0/s1. The molecule has 150 valence electrons. The number of esters is 1. The lowest BCUT2D eigenvalue weighted by Gasteiger charge is -2.16. The Morgan fingerprint density at radius 3 is 2.48 bits per heavy atom. The largest absolute Gasteiger partial charge is 0.478 e. The first-order valence-electron chi connectivity index (χ1n) is 8.77. The highest BCUT2D eigenvalue weighted by atomic mass is 32.2. The van der Waals surface area contributed by atoms with E-state index in [0.717, 1.165) is 16.7 Å². The summed E-state index contributed by atoms with van der Waals surface area (Å²) >= 11 is 0.790. The van der Waals surface area contributed by atoms with E-state index < -0.39 is 28.5 Å². The summed E-state index contributed by atoms with van der Waals surface area (Å²) in [5, 5.41) is 10.7. The summed E-state index contributed by atoms with van der Waals surface area (Å²) in [5.74, 6) is -2.03. The van der Waals surface area contributed by atoms with E-state index in [1.54, 1.807) is 49.4 Å². The number of carboxylic acids is 1. The molecule has 0 unspecified atom stereocenters. The van der Waals surface area contributed by atoms with Crippen LogP contribution in [0.2, 0.25) is 0 Å². The number of nitrogens with zero attached hydrogens (tertiary/aromatic N) is 1. The van der Waals surface area contributed by atoms with E-state index in [2.05, 4.69) is 5.32 Å². The van der Waals surface area contributed by atoms with Crippen molar-refractivity contribution in [3.05, 3.63) is 65.2 Å². The second kappa shape index (κ2) is 8.78. The Labute approximate surface area is 170 Å². The van der Waals surface area contributed by atoms with Crippen molar-refractivity contribution in [1.29, 1.82) is 0 Å². The fourth-order valence-corrected chi connectivity index (χ4v) is 3.66. The number of anilines is 1. The smallest absolute Gasteiger partial charge is 0.338 e. The van der Waals surface area contributed by atoms with Crippen molar-refractivity contribution in [2.45, 2.75) is 18.8 Å². The molecule has 2 aromatic carbocycles. The molecule has 0 spiro atoms. The van der Waals surface area contributed by atoms with Crippen LogP contribution in [0.5, 0.6) is 0 Å². The molecule has 2 amide bonds. The lowest BCUT2D eigenvalue weighted by molar-refractivity contribution is -0.126. The number of para-hydroxylation sites is 1. The number of nitrogens with one attached hydrogen (secondary N) is 1. The maximum atomic E-state index is 12.7. The number of ether oxygens (including phenoxy) is 1. The van der Waals surface area contributed by atoms with E-state index in [0.29, 0.717) is 11.1 Å². The lowest BCUT2D eigenvalue weighted by atomic mass is 10.1. The molecule has 2 aromatic rings. The van der Waals surface area contributed by atoms with Crippen molar-refractivity contribution >= 4 is 40.5 Å². The summed E-state index contributed by atoms with van der Waals surface area (Å²) in [7, 11) is 0. The minimum atomic E-state index is -1.13. The molecule has 0 aliphatic carbocycles. The molecule has 29 heavy (non-hydrogen) atoms. The Morgan fingerprint density at radius 1 is 1.14 bits per heavy atom. The van der Waals surface area contributed by atoms with Crippen molar-refractivity contribution in [3.8, 4) is 0 Å². The fourth-order valence-electron chi connectivity index (χ4n) is 2.76. The van der Waals surface area contributed by atoms with Crippen LogP contribution in [0.3, 0.4) is 0 Å². The first-order valence-corrected chi connectivity index (χ1v) is 9.65. The highest BCUT2D eigenvalue weighted by Crippen LogP contribution is 2.30. The number of hydrogen-bond donors (Lipinski definition) is 2. The third kappa shape index (κ3) is 4.57. The molecule has 0 bridgehead atoms. The third-order valence-electron chi connectivity index (χ3n) is 4.18. The minimum Gasteiger partial charge on any atom is -0.478 e. The number of carbonyl (C=O) groups is 4. The highest BCUT2D eigenvalue weighted by Gasteiger charge is 2.40. The normalized spacial score (nSPS) is 16.0. The first kappa shape index (κ1) is 20.4. The van der Waals surface area contributed by atoms with Crippen LogP contribution in [0.4, 0.5) is 10.5 Å². The maximum absolute atomic E-state index is 12.7. The lowest BCUT2D eigenvalue weighted by Crippen LogP contribution is -2.34. The van der Waals surface area contributed by atoms with Crippen molar-refractivity contribution in [3.63, 3.8) is 0 Å². The Hall–Kier alpha value is -3.33. The molecule has 2 N–H and O–H groups in total. The van der Waals surface area contributed by atoms with Gasteiger partial charge in [0.15, 0.2) is 5.37 Å². The number of thioether (sulfide) groups is 1. The van der Waals surface area contributed by atoms with Gasteiger partial charge in [-0.05, 0) is 48.5 Å². The summed E-state index contributed by atoms with van der Waals surface area (Å²) in [4.78, 5) is 49.1. The number of carboxylic acid groups (broad SMARTS) is 1. The van der Waals surface area contributed by atoms with Crippen LogP contribution in [0.1, 0.15) is 33.2 Å². The minimum absolute atomic E-state index is 0.0151. The van der Waals surface area contributed by atoms with E-state index in [1.165, 1.54) is 6.07 Å². The van der Waals surface area contributed by atoms with Gasteiger partial charge in [-0.25, -0.2) is 9.59 Å². The van der Waals surface area contributed by atoms with Gasteiger partial charge in [-0.1, -0.05) is 24.3 Å². The van der Waals surface area contributed by atoms with Crippen LogP contribution in [0, 0.1) is 0 Å². The summed E-state index contributed by atoms with van der Waals surface area (Å²) < 4.78 is 4.92. The van der Waals surface area contributed by atoms with Crippen LogP contribution in [0.15, 0.2) is 48.5 Å². The van der Waals surface area contributed by atoms with Gasteiger partial charge in [-0.3, -0.25) is 14.5 Å². The fraction of sp³-hybridized carbons (Fsp3) is 0.200. The van der Waals surface area contributed by atoms with Crippen molar-refractivity contribution in [2.24, 2.45) is 0 Å². The topological polar surface area (TPSA) is 113 Å². The average molecular weight is 414 g/mol. The molecular formula is C20H18N2O6S. The van der Waals surface area contributed by atoms with Crippen LogP contribution >= 0.6 is 11.8 Å². The van der Waals surface area contributed by atoms with E-state index in [9.17, 15) is 24.3 Å². The molecule has 1 atom stereocenters. The monoisotopic (exact) mass is 414 g/mol. The predicted octanol–water partition coefficient (Wildman–Crippen LogP) is 3.20. The zero-order valence-corrected chi connectivity index (χ0v) is 16.3. The van der Waals surface area contributed by atoms with Crippen LogP contribution in [-0.4, -0.2) is 45.1 Å². The molecule has 0 aromatic heterocycles. The number of carbonyl (C=O) groups excluding carboxylic acids is 3. The van der Waals surface area contributed by atoms with Gasteiger partial charge in [0.25, 0.3) is 11.1 Å². The molecular weight excluding hydrogens is 396 g/mol. The highest BCUT2D eigenvalue weighted by molar-refractivity contribution is 8.15. The second-order valence-corrected chi connectivity index (χ2v) is 7.16. The number of aromatic carboxylic acids is 1. The second-order valence-electron chi connectivity index (χ2n) is 6.10. The first-order chi connectivity index (χ1) is 13.9. The summed E-state index contributed by atoms with van der Waals surface area (Å²) in [6.07, 6.45) is 0. The molecule has 3 rings (SSSR count). The quantitative estimate of drug-likeness (QED) is 0.664. The molecule has 1 fully saturated rings. The summed E-state index contributed by atoms with van der Waals surface area (Å²) in [6.45, 7) is 2.04. The van der Waals surface area contributed by atoms with Gasteiger partial charge in [-0.2, -0.15) is 0 Å². The van der Waals surface area contributed by atoms with Crippen LogP contribution in [0.25, 0.3) is 0 Å². The van der Waals surface area contributed by atoms with Crippen LogP contribution in [-0.2, 0) is 16.1 Å². The number of hydrogen-bond acceptors (Lipinski definition) is 7. The Kier molecular flexibility index (Phi) is 6.18. The van der Waals surface area contributed by atoms with Gasteiger partial charge in [0.2, 0.25) is 0 Å². The van der Waals surface area contributed by atoms with Crippen molar-refractivity contribution < 1.29 is 29.0 Å². The number of amides is 2. The SMILES string of the molecule is CCOC(=O)c1ccc(CN2C(=O)S[C@H](Nc3ccccc3C(=O)O)C2=O)cc1. The van der Waals surface area contributed by atoms with Gasteiger partial charge >= 0.3 is 11.9 Å². The maximum Gasteiger partial charge on any atom is 0.338 e. The average Bonchev–Trinajstić information content (AvgIpc) is 2.96. The summed E-state index contributed by atoms with van der Waals surface area (Å²) in [5.41, 5.74) is 1.33. The molecule has 0 radical (unpaired) electrons. The Morgan fingerprint density at radius 2 is 1.83 bits per heavy atom. The van der Waals surface area contributed by atoms with Gasteiger partial charge < -0.3 is 15.2 Å². The van der Waals surface area contributed by atoms with Gasteiger partial charge in [0, 0.05) is 5.69 Å². The zero-order chi connectivity index (χ0) is 21.0. The molecule has 1 aliphatic rings. The number of imide groups is 1. The van der Waals surface area contributed by atoms with Gasteiger partial charge in [-0.15, -0.1) is 0 Å². The number of rotatable bonds is 7.